The van der Waals surface area contributed by atoms with Crippen molar-refractivity contribution in [3.05, 3.63) is 18.0 Å². The van der Waals surface area contributed by atoms with E-state index in [9.17, 15) is 0 Å². The Kier molecular flexibility index (Phi) is 5.53. The number of aromatic nitrogens is 2. The lowest BCUT2D eigenvalue weighted by molar-refractivity contribution is 0.423. The zero-order valence-electron chi connectivity index (χ0n) is 11.0. The van der Waals surface area contributed by atoms with E-state index < -0.39 is 0 Å². The van der Waals surface area contributed by atoms with Crippen LogP contribution in [-0.4, -0.2) is 16.3 Å². The maximum absolute atomic E-state index is 4.60. The zero-order valence-corrected chi connectivity index (χ0v) is 11.0. The van der Waals surface area contributed by atoms with E-state index >= 15 is 0 Å². The summed E-state index contributed by atoms with van der Waals surface area (Å²) >= 11 is 0. The molecule has 0 bridgehead atoms. The molecule has 0 aromatic carbocycles. The minimum atomic E-state index is 0.554. The summed E-state index contributed by atoms with van der Waals surface area (Å²) in [5, 5.41) is 8.02. The fraction of sp³-hybridized carbons (Fsp3) is 0.769. The van der Waals surface area contributed by atoms with E-state index in [-0.39, 0.29) is 0 Å². The highest BCUT2D eigenvalue weighted by Gasteiger charge is 2.07. The molecule has 3 heteroatoms. The van der Waals surface area contributed by atoms with E-state index in [0.29, 0.717) is 12.0 Å². The molecular weight excluding hydrogens is 198 g/mol. The molecule has 0 spiro atoms. The molecular formula is C13H25N3. The largest absolute Gasteiger partial charge is 0.311 e. The summed E-state index contributed by atoms with van der Waals surface area (Å²) in [5.41, 5.74) is 1.15. The summed E-state index contributed by atoms with van der Waals surface area (Å²) in [6, 6.07) is 2.67. The van der Waals surface area contributed by atoms with Crippen LogP contribution < -0.4 is 5.32 Å². The van der Waals surface area contributed by atoms with Gasteiger partial charge in [-0.2, -0.15) is 5.10 Å². The number of hydrogen-bond donors (Lipinski definition) is 1. The van der Waals surface area contributed by atoms with Gasteiger partial charge in [-0.3, -0.25) is 4.68 Å². The highest BCUT2D eigenvalue weighted by Crippen LogP contribution is 2.14. The third kappa shape index (κ3) is 3.97. The molecule has 1 N–H and O–H groups in total. The summed E-state index contributed by atoms with van der Waals surface area (Å²) in [7, 11) is 0. The van der Waals surface area contributed by atoms with Crippen LogP contribution in [0.2, 0.25) is 0 Å². The molecule has 0 unspecified atom stereocenters. The van der Waals surface area contributed by atoms with Crippen molar-refractivity contribution in [3.8, 4) is 0 Å². The molecule has 0 atom stereocenters. The second kappa shape index (κ2) is 6.69. The van der Waals surface area contributed by atoms with Gasteiger partial charge in [0.05, 0.1) is 11.7 Å². The van der Waals surface area contributed by atoms with Gasteiger partial charge in [-0.25, -0.2) is 0 Å². The molecule has 1 heterocycles. The molecule has 0 aliphatic carbocycles. The van der Waals surface area contributed by atoms with Crippen molar-refractivity contribution in [2.24, 2.45) is 5.92 Å². The Morgan fingerprint density at radius 3 is 2.56 bits per heavy atom. The highest BCUT2D eigenvalue weighted by atomic mass is 15.3. The average Bonchev–Trinajstić information content (AvgIpc) is 2.68. The Hall–Kier alpha value is -0.830. The number of nitrogens with one attached hydrogen (secondary N) is 1. The zero-order chi connectivity index (χ0) is 12.0. The lowest BCUT2D eigenvalue weighted by Gasteiger charge is -2.12. The van der Waals surface area contributed by atoms with E-state index in [1.54, 1.807) is 0 Å². The lowest BCUT2D eigenvalue weighted by Crippen LogP contribution is -2.19. The van der Waals surface area contributed by atoms with Crippen LogP contribution in [0, 0.1) is 5.92 Å². The van der Waals surface area contributed by atoms with Crippen molar-refractivity contribution in [3.63, 3.8) is 0 Å². The highest BCUT2D eigenvalue weighted by molar-refractivity contribution is 4.99. The molecule has 0 saturated carbocycles. The molecule has 3 nitrogen and oxygen atoms in total. The molecule has 0 aliphatic rings. The van der Waals surface area contributed by atoms with E-state index in [4.69, 9.17) is 0 Å². The summed E-state index contributed by atoms with van der Waals surface area (Å²) in [6.07, 6.45) is 4.40. The van der Waals surface area contributed by atoms with Gasteiger partial charge in [0.2, 0.25) is 0 Å². The first kappa shape index (κ1) is 13.2. The number of nitrogens with zero attached hydrogens (tertiary/aromatic N) is 2. The van der Waals surface area contributed by atoms with E-state index in [0.717, 1.165) is 31.6 Å². The van der Waals surface area contributed by atoms with Crippen molar-refractivity contribution in [1.82, 2.24) is 15.1 Å². The van der Waals surface area contributed by atoms with Crippen LogP contribution in [0.1, 0.15) is 52.3 Å². The van der Waals surface area contributed by atoms with Crippen LogP contribution in [0.3, 0.4) is 0 Å². The van der Waals surface area contributed by atoms with Crippen molar-refractivity contribution in [2.75, 3.05) is 6.54 Å². The van der Waals surface area contributed by atoms with Crippen LogP contribution >= 0.6 is 0 Å². The summed E-state index contributed by atoms with van der Waals surface area (Å²) in [6.45, 7) is 10.8. The maximum atomic E-state index is 4.60. The minimum Gasteiger partial charge on any atom is -0.311 e. The Bertz CT molecular complexity index is 287. The normalized spacial score (nSPS) is 11.6. The van der Waals surface area contributed by atoms with Gasteiger partial charge in [-0.15, -0.1) is 0 Å². The summed E-state index contributed by atoms with van der Waals surface area (Å²) in [4.78, 5) is 0. The average molecular weight is 223 g/mol. The van der Waals surface area contributed by atoms with Crippen molar-refractivity contribution < 1.29 is 0 Å². The van der Waals surface area contributed by atoms with Crippen molar-refractivity contribution in [2.45, 2.75) is 53.1 Å². The molecule has 92 valence electrons. The number of rotatable bonds is 7. The number of hydrogen-bond acceptors (Lipinski definition) is 2. The monoisotopic (exact) mass is 223 g/mol. The first-order chi connectivity index (χ1) is 7.67. The lowest BCUT2D eigenvalue weighted by atomic mass is 10.2. The molecule has 0 amide bonds. The summed E-state index contributed by atoms with van der Waals surface area (Å²) < 4.78 is 2.10. The SMILES string of the molecule is CCC(CC)n1ccc(CNCC(C)C)n1. The van der Waals surface area contributed by atoms with Gasteiger partial charge in [-0.05, 0) is 31.4 Å². The predicted octanol–water partition coefficient (Wildman–Crippen LogP) is 2.99. The topological polar surface area (TPSA) is 29.9 Å². The van der Waals surface area contributed by atoms with Gasteiger partial charge in [0.15, 0.2) is 0 Å². The van der Waals surface area contributed by atoms with Crippen LogP contribution in [0.4, 0.5) is 0 Å². The van der Waals surface area contributed by atoms with Gasteiger partial charge >= 0.3 is 0 Å². The molecule has 1 aromatic heterocycles. The second-order valence-electron chi connectivity index (χ2n) is 4.78. The van der Waals surface area contributed by atoms with Gasteiger partial charge in [0.25, 0.3) is 0 Å². The Morgan fingerprint density at radius 2 is 2.00 bits per heavy atom. The van der Waals surface area contributed by atoms with Crippen LogP contribution in [0.25, 0.3) is 0 Å². The molecule has 0 aliphatic heterocycles. The van der Waals surface area contributed by atoms with Crippen LogP contribution in [-0.2, 0) is 6.54 Å². The standard InChI is InChI=1S/C13H25N3/c1-5-13(6-2)16-8-7-12(15-16)10-14-9-11(3)4/h7-8,11,13-14H,5-6,9-10H2,1-4H3. The molecule has 1 aromatic rings. The summed E-state index contributed by atoms with van der Waals surface area (Å²) in [5.74, 6) is 0.695. The van der Waals surface area contributed by atoms with Crippen LogP contribution in [0.15, 0.2) is 12.3 Å². The van der Waals surface area contributed by atoms with Crippen molar-refractivity contribution >= 4 is 0 Å². The Labute approximate surface area is 99.2 Å². The van der Waals surface area contributed by atoms with Gasteiger partial charge in [-0.1, -0.05) is 27.7 Å². The molecule has 0 saturated heterocycles. The first-order valence-electron chi connectivity index (χ1n) is 6.42. The van der Waals surface area contributed by atoms with Gasteiger partial charge in [0, 0.05) is 12.7 Å². The van der Waals surface area contributed by atoms with Crippen LogP contribution in [0.5, 0.6) is 0 Å². The fourth-order valence-corrected chi connectivity index (χ4v) is 1.83. The maximum Gasteiger partial charge on any atom is 0.0762 e. The van der Waals surface area contributed by atoms with E-state index in [2.05, 4.69) is 55.1 Å². The molecule has 0 fully saturated rings. The quantitative estimate of drug-likeness (QED) is 0.770. The minimum absolute atomic E-state index is 0.554. The first-order valence-corrected chi connectivity index (χ1v) is 6.42. The van der Waals surface area contributed by atoms with E-state index in [1.807, 2.05) is 0 Å². The Balaban J connectivity index is 2.44. The molecule has 1 rings (SSSR count). The molecule has 0 radical (unpaired) electrons. The fourth-order valence-electron chi connectivity index (χ4n) is 1.83. The predicted molar refractivity (Wildman–Crippen MR) is 68.4 cm³/mol. The van der Waals surface area contributed by atoms with Gasteiger partial charge in [0.1, 0.15) is 0 Å². The third-order valence-electron chi connectivity index (χ3n) is 2.84. The van der Waals surface area contributed by atoms with Gasteiger partial charge < -0.3 is 5.32 Å². The van der Waals surface area contributed by atoms with E-state index in [1.165, 1.54) is 0 Å². The Morgan fingerprint density at radius 1 is 1.31 bits per heavy atom. The third-order valence-corrected chi connectivity index (χ3v) is 2.84. The second-order valence-corrected chi connectivity index (χ2v) is 4.78. The molecule has 16 heavy (non-hydrogen) atoms. The smallest absolute Gasteiger partial charge is 0.0762 e. The van der Waals surface area contributed by atoms with Crippen molar-refractivity contribution in [1.29, 1.82) is 0 Å².